The van der Waals surface area contributed by atoms with Crippen LogP contribution < -0.4 is 5.32 Å². The molecule has 28 heavy (non-hydrogen) atoms. The second kappa shape index (κ2) is 8.28. The third-order valence-electron chi connectivity index (χ3n) is 4.40. The van der Waals surface area contributed by atoms with E-state index in [2.05, 4.69) is 15.3 Å². The molecule has 3 rings (SSSR count). The number of hydrogen-bond acceptors (Lipinski definition) is 5. The van der Waals surface area contributed by atoms with Crippen LogP contribution in [-0.4, -0.2) is 28.3 Å². The molecule has 0 saturated heterocycles. The van der Waals surface area contributed by atoms with E-state index in [0.717, 1.165) is 22.4 Å². The van der Waals surface area contributed by atoms with Crippen molar-refractivity contribution in [1.29, 1.82) is 0 Å². The molecule has 0 radical (unpaired) electrons. The Labute approximate surface area is 167 Å². The molecular weight excluding hydrogens is 380 g/mol. The summed E-state index contributed by atoms with van der Waals surface area (Å²) in [4.78, 5) is 27.1. The molecule has 0 saturated carbocycles. The lowest BCUT2D eigenvalue weighted by atomic mass is 9.86. The Kier molecular flexibility index (Phi) is 5.81. The molecule has 0 aliphatic carbocycles. The molecule has 1 N–H and O–H groups in total. The Morgan fingerprint density at radius 1 is 1.36 bits per heavy atom. The lowest BCUT2D eigenvalue weighted by Gasteiger charge is -2.26. The van der Waals surface area contributed by atoms with Crippen molar-refractivity contribution in [2.75, 3.05) is 11.9 Å². The molecule has 1 aromatic heterocycles. The summed E-state index contributed by atoms with van der Waals surface area (Å²) in [6.45, 7) is 10.6. The van der Waals surface area contributed by atoms with Gasteiger partial charge in [0.15, 0.2) is 18.1 Å². The minimum Gasteiger partial charge on any atom is -0.456 e. The number of nitrogens with zero attached hydrogens (tertiary/aromatic N) is 3. The van der Waals surface area contributed by atoms with Crippen molar-refractivity contribution < 1.29 is 14.3 Å². The molecule has 2 heterocycles. The van der Waals surface area contributed by atoms with Crippen LogP contribution >= 0.6 is 11.6 Å². The van der Waals surface area contributed by atoms with E-state index in [1.807, 2.05) is 25.1 Å². The SMILES string of the molecule is [C-]#[N+]C1=C(CCC)Nc2nn(C(=O)COC(C)=O)cc2C1c1ccccc1Cl. The van der Waals surface area contributed by atoms with Gasteiger partial charge in [-0.25, -0.2) is 9.53 Å². The summed E-state index contributed by atoms with van der Waals surface area (Å²) in [5.74, 6) is -0.957. The molecule has 144 valence electrons. The van der Waals surface area contributed by atoms with Gasteiger partial charge in [0.1, 0.15) is 0 Å². The standard InChI is InChI=1S/C20H19ClN4O3/c1-4-7-16-19(22-3)18(13-8-5-6-9-15(13)21)14-10-25(24-20(14)23-16)17(27)11-28-12(2)26/h5-6,8-10,18H,4,7,11H2,1-2H3,(H,23,24). The second-order valence-electron chi connectivity index (χ2n) is 6.36. The Morgan fingerprint density at radius 3 is 2.75 bits per heavy atom. The zero-order valence-corrected chi connectivity index (χ0v) is 16.3. The number of aromatic nitrogens is 2. The highest BCUT2D eigenvalue weighted by Crippen LogP contribution is 2.44. The summed E-state index contributed by atoms with van der Waals surface area (Å²) in [5, 5.41) is 8.05. The van der Waals surface area contributed by atoms with Gasteiger partial charge in [0.2, 0.25) is 0 Å². The van der Waals surface area contributed by atoms with E-state index < -0.39 is 24.4 Å². The zero-order valence-electron chi connectivity index (χ0n) is 15.5. The number of ether oxygens (including phenoxy) is 1. The number of esters is 1. The van der Waals surface area contributed by atoms with E-state index in [9.17, 15) is 9.59 Å². The maximum atomic E-state index is 12.3. The van der Waals surface area contributed by atoms with Gasteiger partial charge in [-0.05, 0) is 18.1 Å². The normalized spacial score (nSPS) is 15.4. The molecule has 2 aromatic rings. The molecule has 1 aliphatic heterocycles. The minimum atomic E-state index is -0.542. The van der Waals surface area contributed by atoms with E-state index in [-0.39, 0.29) is 0 Å². The number of carbonyl (C=O) groups excluding carboxylic acids is 2. The van der Waals surface area contributed by atoms with Crippen LogP contribution in [0.5, 0.6) is 0 Å². The molecule has 8 heteroatoms. The van der Waals surface area contributed by atoms with E-state index in [1.165, 1.54) is 6.92 Å². The molecule has 1 atom stereocenters. The minimum absolute atomic E-state index is 0.405. The number of halogens is 1. The molecule has 0 fully saturated rings. The number of hydrogen-bond donors (Lipinski definition) is 1. The van der Waals surface area contributed by atoms with Crippen LogP contribution in [0.4, 0.5) is 5.82 Å². The van der Waals surface area contributed by atoms with Crippen molar-refractivity contribution in [3.8, 4) is 0 Å². The van der Waals surface area contributed by atoms with Crippen molar-refractivity contribution in [3.05, 3.63) is 69.4 Å². The quantitative estimate of drug-likeness (QED) is 0.602. The Hall–Kier alpha value is -3.11. The molecule has 7 nitrogen and oxygen atoms in total. The summed E-state index contributed by atoms with van der Waals surface area (Å²) in [7, 11) is 0. The van der Waals surface area contributed by atoms with Gasteiger partial charge in [-0.2, -0.15) is 0 Å². The summed E-state index contributed by atoms with van der Waals surface area (Å²) >= 11 is 6.43. The first-order valence-electron chi connectivity index (χ1n) is 8.84. The van der Waals surface area contributed by atoms with Gasteiger partial charge in [0, 0.05) is 29.4 Å². The van der Waals surface area contributed by atoms with Gasteiger partial charge in [0.25, 0.3) is 5.91 Å². The molecule has 0 bridgehead atoms. The third kappa shape index (κ3) is 3.78. The fourth-order valence-electron chi connectivity index (χ4n) is 3.18. The Morgan fingerprint density at radius 2 is 2.11 bits per heavy atom. The third-order valence-corrected chi connectivity index (χ3v) is 4.74. The summed E-state index contributed by atoms with van der Waals surface area (Å²) in [6, 6.07) is 7.33. The monoisotopic (exact) mass is 398 g/mol. The fourth-order valence-corrected chi connectivity index (χ4v) is 3.42. The fraction of sp³-hybridized carbons (Fsp3) is 0.300. The van der Waals surface area contributed by atoms with Crippen LogP contribution in [0.2, 0.25) is 5.02 Å². The van der Waals surface area contributed by atoms with E-state index in [1.54, 1.807) is 12.3 Å². The highest BCUT2D eigenvalue weighted by Gasteiger charge is 2.34. The van der Waals surface area contributed by atoms with E-state index in [0.29, 0.717) is 28.5 Å². The highest BCUT2D eigenvalue weighted by atomic mass is 35.5. The second-order valence-corrected chi connectivity index (χ2v) is 6.76. The maximum absolute atomic E-state index is 12.3. The lowest BCUT2D eigenvalue weighted by molar-refractivity contribution is -0.139. The van der Waals surface area contributed by atoms with Crippen LogP contribution in [0, 0.1) is 6.57 Å². The van der Waals surface area contributed by atoms with Crippen LogP contribution in [0.25, 0.3) is 4.85 Å². The average molecular weight is 399 g/mol. The summed E-state index contributed by atoms with van der Waals surface area (Å²) < 4.78 is 5.91. The van der Waals surface area contributed by atoms with Crippen molar-refractivity contribution in [2.45, 2.75) is 32.6 Å². The van der Waals surface area contributed by atoms with Crippen molar-refractivity contribution in [1.82, 2.24) is 9.78 Å². The number of benzene rings is 1. The smallest absolute Gasteiger partial charge is 0.303 e. The Balaban J connectivity index is 2.09. The van der Waals surface area contributed by atoms with Gasteiger partial charge in [-0.15, -0.1) is 5.10 Å². The number of carbonyl (C=O) groups is 2. The molecule has 0 spiro atoms. The van der Waals surface area contributed by atoms with Crippen LogP contribution in [0.3, 0.4) is 0 Å². The van der Waals surface area contributed by atoms with E-state index in [4.69, 9.17) is 22.9 Å². The summed E-state index contributed by atoms with van der Waals surface area (Å²) in [6.07, 6.45) is 3.08. The first-order valence-corrected chi connectivity index (χ1v) is 9.22. The number of fused-ring (bicyclic) bond motifs is 1. The number of rotatable bonds is 5. The van der Waals surface area contributed by atoms with Gasteiger partial charge in [-0.1, -0.05) is 43.1 Å². The first kappa shape index (κ1) is 19.6. The van der Waals surface area contributed by atoms with Crippen molar-refractivity contribution in [3.63, 3.8) is 0 Å². The molecule has 1 aromatic carbocycles. The molecule has 1 aliphatic rings. The first-order chi connectivity index (χ1) is 13.5. The average Bonchev–Trinajstić information content (AvgIpc) is 3.09. The topological polar surface area (TPSA) is 77.6 Å². The predicted molar refractivity (Wildman–Crippen MR) is 105 cm³/mol. The van der Waals surface area contributed by atoms with Crippen LogP contribution in [0.1, 0.15) is 48.5 Å². The number of allylic oxidation sites excluding steroid dienone is 2. The maximum Gasteiger partial charge on any atom is 0.303 e. The van der Waals surface area contributed by atoms with Crippen LogP contribution in [-0.2, 0) is 9.53 Å². The predicted octanol–water partition coefficient (Wildman–Crippen LogP) is 4.23. The lowest BCUT2D eigenvalue weighted by Crippen LogP contribution is -2.19. The van der Waals surface area contributed by atoms with E-state index >= 15 is 0 Å². The van der Waals surface area contributed by atoms with Gasteiger partial charge in [0.05, 0.1) is 12.5 Å². The van der Waals surface area contributed by atoms with Gasteiger partial charge < -0.3 is 10.1 Å². The van der Waals surface area contributed by atoms with Crippen LogP contribution in [0.15, 0.2) is 41.9 Å². The highest BCUT2D eigenvalue weighted by molar-refractivity contribution is 6.31. The molecule has 0 amide bonds. The van der Waals surface area contributed by atoms with Gasteiger partial charge >= 0.3 is 5.97 Å². The molecule has 1 unspecified atom stereocenters. The largest absolute Gasteiger partial charge is 0.456 e. The number of anilines is 1. The Bertz CT molecular complexity index is 1000. The molecular formula is C20H19ClN4O3. The van der Waals surface area contributed by atoms with Crippen molar-refractivity contribution >= 4 is 29.3 Å². The number of nitrogens with one attached hydrogen (secondary N) is 1. The summed E-state index contributed by atoms with van der Waals surface area (Å²) in [5.41, 5.74) is 2.76. The zero-order chi connectivity index (χ0) is 20.3. The van der Waals surface area contributed by atoms with Gasteiger partial charge in [-0.3, -0.25) is 9.59 Å². The van der Waals surface area contributed by atoms with Crippen molar-refractivity contribution in [2.24, 2.45) is 0 Å².